The van der Waals surface area contributed by atoms with Gasteiger partial charge < -0.3 is 23.8 Å². The van der Waals surface area contributed by atoms with Crippen LogP contribution in [0.25, 0.3) is 21.8 Å². The van der Waals surface area contributed by atoms with Crippen LogP contribution in [0.15, 0.2) is 22.8 Å². The minimum absolute atomic E-state index is 0.0422. The third kappa shape index (κ3) is 5.61. The molecule has 1 aromatic carbocycles. The van der Waals surface area contributed by atoms with E-state index in [1.165, 1.54) is 0 Å². The van der Waals surface area contributed by atoms with E-state index in [1.807, 2.05) is 33.0 Å². The number of aromatic nitrogens is 2. The molecule has 5 rings (SSSR count). The molecule has 0 saturated carbocycles. The minimum atomic E-state index is -0.630. The SMILES string of the molecule is CN1CCC[C@H]1COc1nc2c(F)c(Br)c(Cl)cc2c2c1ccn2[C@H]1CCN(C(=O)OC(C)(C)C)[C@H](CC#N)C1. The van der Waals surface area contributed by atoms with Gasteiger partial charge in [0.1, 0.15) is 17.7 Å². The predicted octanol–water partition coefficient (Wildman–Crippen LogP) is 7.07. The van der Waals surface area contributed by atoms with Crippen LogP contribution in [0.1, 0.15) is 58.9 Å². The smallest absolute Gasteiger partial charge is 0.410 e. The van der Waals surface area contributed by atoms with E-state index >= 15 is 4.39 Å². The van der Waals surface area contributed by atoms with Crippen LogP contribution >= 0.6 is 27.5 Å². The molecule has 0 aliphatic carbocycles. The number of likely N-dealkylation sites (tertiary alicyclic amines) is 2. The highest BCUT2D eigenvalue weighted by atomic mass is 79.9. The van der Waals surface area contributed by atoms with Gasteiger partial charge in [0, 0.05) is 36.3 Å². The number of piperidine rings is 1. The molecule has 0 bridgehead atoms. The Morgan fingerprint density at radius 2 is 2.05 bits per heavy atom. The molecular weight excluding hydrogens is 601 g/mol. The summed E-state index contributed by atoms with van der Waals surface area (Å²) in [4.78, 5) is 21.5. The molecule has 2 fully saturated rings. The molecule has 214 valence electrons. The first-order valence-electron chi connectivity index (χ1n) is 13.7. The summed E-state index contributed by atoms with van der Waals surface area (Å²) in [5.41, 5.74) is 0.326. The van der Waals surface area contributed by atoms with Gasteiger partial charge in [-0.05, 0) is 88.1 Å². The van der Waals surface area contributed by atoms with Gasteiger partial charge in [-0.2, -0.15) is 5.26 Å². The largest absolute Gasteiger partial charge is 0.476 e. The van der Waals surface area contributed by atoms with Gasteiger partial charge >= 0.3 is 6.09 Å². The average molecular weight is 635 g/mol. The molecule has 11 heteroatoms. The van der Waals surface area contributed by atoms with Gasteiger partial charge in [0.25, 0.3) is 0 Å². The third-order valence-corrected chi connectivity index (χ3v) is 9.17. The summed E-state index contributed by atoms with van der Waals surface area (Å²) >= 11 is 9.68. The van der Waals surface area contributed by atoms with Crippen molar-refractivity contribution in [2.24, 2.45) is 0 Å². The molecule has 3 atom stereocenters. The molecule has 2 aliphatic rings. The highest BCUT2D eigenvalue weighted by Crippen LogP contribution is 2.41. The zero-order chi connectivity index (χ0) is 28.8. The van der Waals surface area contributed by atoms with Crippen molar-refractivity contribution >= 4 is 55.4 Å². The summed E-state index contributed by atoms with van der Waals surface area (Å²) in [6.45, 7) is 7.41. The van der Waals surface area contributed by atoms with Gasteiger partial charge in [-0.15, -0.1) is 0 Å². The number of rotatable bonds is 5. The summed E-state index contributed by atoms with van der Waals surface area (Å²) in [5, 5.41) is 11.2. The number of hydrogen-bond acceptors (Lipinski definition) is 6. The van der Waals surface area contributed by atoms with E-state index in [0.717, 1.165) is 30.3 Å². The molecule has 0 unspecified atom stereocenters. The number of pyridine rings is 1. The molecule has 2 aromatic heterocycles. The van der Waals surface area contributed by atoms with E-state index in [-0.39, 0.29) is 39.6 Å². The molecule has 2 aliphatic heterocycles. The standard InChI is InChI=1S/C29H34BrClFN5O3/c1-29(2,3)40-28(38)37-12-8-18(14-17(37)7-10-33)36-13-9-20-26(36)21-15-22(31)23(30)24(32)25(21)34-27(20)39-16-19-6-5-11-35(19)4/h9,13,15,17-19H,5-8,11-12,14,16H2,1-4H3/t17-,18+,19+/m1/s1. The monoisotopic (exact) mass is 633 g/mol. The summed E-state index contributed by atoms with van der Waals surface area (Å²) in [6, 6.07) is 5.83. The number of carbonyl (C=O) groups excluding carboxylic acids is 1. The van der Waals surface area contributed by atoms with Crippen LogP contribution < -0.4 is 4.74 Å². The number of nitriles is 1. The number of amides is 1. The Hall–Kier alpha value is -2.61. The van der Waals surface area contributed by atoms with Crippen LogP contribution in [-0.4, -0.2) is 69.9 Å². The van der Waals surface area contributed by atoms with Crippen LogP contribution in [0.5, 0.6) is 5.88 Å². The number of carbonyl (C=O) groups is 1. The normalized spacial score (nSPS) is 22.1. The molecule has 3 aromatic rings. The summed E-state index contributed by atoms with van der Waals surface area (Å²) in [7, 11) is 2.08. The van der Waals surface area contributed by atoms with E-state index < -0.39 is 17.5 Å². The van der Waals surface area contributed by atoms with Crippen molar-refractivity contribution in [1.82, 2.24) is 19.4 Å². The van der Waals surface area contributed by atoms with Crippen molar-refractivity contribution < 1.29 is 18.7 Å². The van der Waals surface area contributed by atoms with E-state index in [9.17, 15) is 10.1 Å². The maximum Gasteiger partial charge on any atom is 0.410 e. The van der Waals surface area contributed by atoms with Crippen molar-refractivity contribution in [1.29, 1.82) is 5.26 Å². The molecular formula is C29H34BrClFN5O3. The van der Waals surface area contributed by atoms with Crippen molar-refractivity contribution in [3.63, 3.8) is 0 Å². The number of ether oxygens (including phenoxy) is 2. The topological polar surface area (TPSA) is 83.6 Å². The fourth-order valence-corrected chi connectivity index (χ4v) is 6.36. The average Bonchev–Trinajstić information content (AvgIpc) is 3.52. The van der Waals surface area contributed by atoms with Crippen LogP contribution in [0.4, 0.5) is 9.18 Å². The van der Waals surface area contributed by atoms with Crippen LogP contribution in [0.2, 0.25) is 5.02 Å². The maximum absolute atomic E-state index is 15.5. The first-order valence-corrected chi connectivity index (χ1v) is 14.8. The van der Waals surface area contributed by atoms with Gasteiger partial charge in [-0.3, -0.25) is 0 Å². The Balaban J connectivity index is 1.55. The van der Waals surface area contributed by atoms with Crippen LogP contribution in [0, 0.1) is 17.1 Å². The number of benzene rings is 1. The Morgan fingerprint density at radius 1 is 1.27 bits per heavy atom. The number of fused-ring (bicyclic) bond motifs is 3. The minimum Gasteiger partial charge on any atom is -0.476 e. The quantitative estimate of drug-likeness (QED) is 0.279. The van der Waals surface area contributed by atoms with Gasteiger partial charge in [-0.25, -0.2) is 14.2 Å². The van der Waals surface area contributed by atoms with Crippen molar-refractivity contribution in [2.45, 2.75) is 76.6 Å². The van der Waals surface area contributed by atoms with Gasteiger partial charge in [0.15, 0.2) is 5.82 Å². The Labute approximate surface area is 247 Å². The highest BCUT2D eigenvalue weighted by Gasteiger charge is 2.35. The van der Waals surface area contributed by atoms with Gasteiger partial charge in [-0.1, -0.05) is 11.6 Å². The molecule has 0 N–H and O–H groups in total. The first kappa shape index (κ1) is 28.9. The Kier molecular flexibility index (Phi) is 8.20. The van der Waals surface area contributed by atoms with Gasteiger partial charge in [0.2, 0.25) is 5.88 Å². The summed E-state index contributed by atoms with van der Waals surface area (Å²) in [6.07, 6.45) is 5.10. The zero-order valence-corrected chi connectivity index (χ0v) is 25.6. The molecule has 2 saturated heterocycles. The van der Waals surface area contributed by atoms with Gasteiger partial charge in [0.05, 0.1) is 32.9 Å². The lowest BCUT2D eigenvalue weighted by Gasteiger charge is -2.39. The molecule has 4 heterocycles. The molecule has 40 heavy (non-hydrogen) atoms. The number of hydrogen-bond donors (Lipinski definition) is 0. The molecule has 1 amide bonds. The Bertz CT molecular complexity index is 1480. The number of halogens is 3. The van der Waals surface area contributed by atoms with E-state index in [2.05, 4.69) is 43.5 Å². The van der Waals surface area contributed by atoms with E-state index in [4.69, 9.17) is 21.1 Å². The van der Waals surface area contributed by atoms with Crippen molar-refractivity contribution in [3.05, 3.63) is 33.6 Å². The highest BCUT2D eigenvalue weighted by molar-refractivity contribution is 9.10. The lowest BCUT2D eigenvalue weighted by molar-refractivity contribution is 0.00620. The zero-order valence-electron chi connectivity index (χ0n) is 23.2. The van der Waals surface area contributed by atoms with E-state index in [1.54, 1.807) is 11.0 Å². The lowest BCUT2D eigenvalue weighted by atomic mass is 9.95. The fourth-order valence-electron chi connectivity index (χ4n) is 5.86. The summed E-state index contributed by atoms with van der Waals surface area (Å²) < 4.78 is 29.7. The van der Waals surface area contributed by atoms with Crippen LogP contribution in [0.3, 0.4) is 0 Å². The van der Waals surface area contributed by atoms with Crippen molar-refractivity contribution in [3.8, 4) is 11.9 Å². The fraction of sp³-hybridized carbons (Fsp3) is 0.552. The predicted molar refractivity (Wildman–Crippen MR) is 156 cm³/mol. The second-order valence-corrected chi connectivity index (χ2v) is 12.9. The maximum atomic E-state index is 15.5. The molecule has 0 spiro atoms. The first-order chi connectivity index (χ1) is 19.0. The number of nitrogens with zero attached hydrogens (tertiary/aromatic N) is 5. The Morgan fingerprint density at radius 3 is 2.73 bits per heavy atom. The molecule has 8 nitrogen and oxygen atoms in total. The van der Waals surface area contributed by atoms with Crippen molar-refractivity contribution in [2.75, 3.05) is 26.7 Å². The van der Waals surface area contributed by atoms with Crippen LogP contribution in [-0.2, 0) is 4.74 Å². The third-order valence-electron chi connectivity index (χ3n) is 7.87. The second kappa shape index (κ2) is 11.3. The lowest BCUT2D eigenvalue weighted by Crippen LogP contribution is -2.48. The number of likely N-dealkylation sites (N-methyl/N-ethyl adjacent to an activating group) is 1. The second-order valence-electron chi connectivity index (χ2n) is 11.7. The van der Waals surface area contributed by atoms with E-state index in [0.29, 0.717) is 37.3 Å². The molecule has 0 radical (unpaired) electrons. The summed E-state index contributed by atoms with van der Waals surface area (Å²) in [5.74, 6) is -0.156.